The van der Waals surface area contributed by atoms with Crippen LogP contribution in [0, 0.1) is 17.2 Å². The monoisotopic (exact) mass is 401 g/mol. The third-order valence-electron chi connectivity index (χ3n) is 5.62. The van der Waals surface area contributed by atoms with Crippen molar-refractivity contribution in [1.29, 1.82) is 5.26 Å². The molecule has 0 bridgehead atoms. The largest absolute Gasteiger partial charge is 0.492 e. The number of carbonyl (C=O) groups excluding carboxylic acids is 1. The molecule has 152 valence electrons. The Balaban J connectivity index is 1.55. The van der Waals surface area contributed by atoms with Gasteiger partial charge < -0.3 is 15.4 Å². The van der Waals surface area contributed by atoms with E-state index < -0.39 is 0 Å². The summed E-state index contributed by atoms with van der Waals surface area (Å²) in [5, 5.41) is 24.0. The maximum absolute atomic E-state index is 12.6. The zero-order valence-corrected chi connectivity index (χ0v) is 16.8. The Morgan fingerprint density at radius 2 is 2.07 bits per heavy atom. The molecular formula is C23H23N5O2. The van der Waals surface area contributed by atoms with Gasteiger partial charge in [0.05, 0.1) is 17.7 Å². The maximum Gasteiger partial charge on any atom is 0.251 e. The van der Waals surface area contributed by atoms with Gasteiger partial charge in [-0.05, 0) is 61.9 Å². The second-order valence-corrected chi connectivity index (χ2v) is 8.13. The smallest absolute Gasteiger partial charge is 0.251 e. The average Bonchev–Trinajstić information content (AvgIpc) is 3.70. The third kappa shape index (κ3) is 3.69. The summed E-state index contributed by atoms with van der Waals surface area (Å²) in [6.07, 6.45) is 4.45. The van der Waals surface area contributed by atoms with Crippen LogP contribution >= 0.6 is 0 Å². The number of aromatic nitrogens is 2. The second kappa shape index (κ2) is 7.38. The van der Waals surface area contributed by atoms with E-state index in [1.165, 1.54) is 12.8 Å². The number of hydrogen-bond donors (Lipinski definition) is 3. The molecule has 0 atom stereocenters. The Hall–Kier alpha value is -3.53. The number of ether oxygens (including phenoxy) is 1. The Bertz CT molecular complexity index is 1170. The lowest BCUT2D eigenvalue weighted by atomic mass is 10.0. The van der Waals surface area contributed by atoms with Crippen molar-refractivity contribution in [3.05, 3.63) is 41.5 Å². The third-order valence-corrected chi connectivity index (χ3v) is 5.62. The minimum Gasteiger partial charge on any atom is -0.492 e. The molecule has 0 spiro atoms. The van der Waals surface area contributed by atoms with Crippen LogP contribution in [0.3, 0.4) is 0 Å². The molecule has 0 unspecified atom stereocenters. The number of H-pyrrole nitrogens is 1. The lowest BCUT2D eigenvalue weighted by Gasteiger charge is -2.10. The minimum absolute atomic E-state index is 0.0732. The normalized spacial score (nSPS) is 15.6. The van der Waals surface area contributed by atoms with Crippen molar-refractivity contribution in [1.82, 2.24) is 15.5 Å². The second-order valence-electron chi connectivity index (χ2n) is 8.13. The molecule has 30 heavy (non-hydrogen) atoms. The molecule has 7 heteroatoms. The topological polar surface area (TPSA) is 103 Å². The van der Waals surface area contributed by atoms with Crippen LogP contribution in [-0.2, 0) is 0 Å². The van der Waals surface area contributed by atoms with Gasteiger partial charge in [-0.15, -0.1) is 0 Å². The van der Waals surface area contributed by atoms with Gasteiger partial charge in [-0.25, -0.2) is 0 Å². The minimum atomic E-state index is -0.0732. The molecule has 2 fully saturated rings. The van der Waals surface area contributed by atoms with Gasteiger partial charge in [-0.2, -0.15) is 10.4 Å². The van der Waals surface area contributed by atoms with Crippen LogP contribution in [0.15, 0.2) is 30.3 Å². The summed E-state index contributed by atoms with van der Waals surface area (Å²) >= 11 is 0. The van der Waals surface area contributed by atoms with Crippen LogP contribution < -0.4 is 15.4 Å². The SMILES string of the molecule is CNc1cc(C(=O)NC2CC2)cc(-c2n[nH]c3cc(C#N)c(OCC4CC4)cc23)c1. The molecule has 0 saturated heterocycles. The van der Waals surface area contributed by atoms with E-state index in [0.717, 1.165) is 40.7 Å². The van der Waals surface area contributed by atoms with E-state index in [1.54, 1.807) is 6.07 Å². The number of rotatable bonds is 7. The van der Waals surface area contributed by atoms with Gasteiger partial charge in [0.15, 0.2) is 0 Å². The summed E-state index contributed by atoms with van der Waals surface area (Å²) in [5.74, 6) is 1.10. The van der Waals surface area contributed by atoms with E-state index >= 15 is 0 Å². The van der Waals surface area contributed by atoms with E-state index in [-0.39, 0.29) is 5.91 Å². The predicted octanol–water partition coefficient (Wildman–Crippen LogP) is 3.82. The Labute approximate surface area is 174 Å². The lowest BCUT2D eigenvalue weighted by molar-refractivity contribution is 0.0951. The highest BCUT2D eigenvalue weighted by Crippen LogP contribution is 2.35. The van der Waals surface area contributed by atoms with Gasteiger partial charge in [-0.3, -0.25) is 9.89 Å². The summed E-state index contributed by atoms with van der Waals surface area (Å²) in [6.45, 7) is 0.633. The van der Waals surface area contributed by atoms with Crippen molar-refractivity contribution >= 4 is 22.5 Å². The fourth-order valence-corrected chi connectivity index (χ4v) is 3.50. The first kappa shape index (κ1) is 18.5. The number of fused-ring (bicyclic) bond motifs is 1. The number of nitriles is 1. The van der Waals surface area contributed by atoms with Crippen molar-refractivity contribution in [2.75, 3.05) is 19.0 Å². The van der Waals surface area contributed by atoms with E-state index in [0.29, 0.717) is 35.4 Å². The molecule has 3 aromatic rings. The zero-order valence-electron chi connectivity index (χ0n) is 16.8. The fourth-order valence-electron chi connectivity index (χ4n) is 3.50. The van der Waals surface area contributed by atoms with Gasteiger partial charge in [-0.1, -0.05) is 0 Å². The van der Waals surface area contributed by atoms with Gasteiger partial charge in [0.2, 0.25) is 0 Å². The quantitative estimate of drug-likeness (QED) is 0.558. The standard InChI is InChI=1S/C23H23N5O2/c1-25-18-7-14(6-15(8-18)23(29)26-17-4-5-17)22-19-10-21(30-12-13-2-3-13)16(11-24)9-20(19)27-28-22/h6-10,13,17,25H,2-5,12H2,1H3,(H,26,29)(H,27,28). The van der Waals surface area contributed by atoms with Gasteiger partial charge in [0.1, 0.15) is 17.5 Å². The Morgan fingerprint density at radius 3 is 2.77 bits per heavy atom. The number of benzene rings is 2. The number of aromatic amines is 1. The highest BCUT2D eigenvalue weighted by molar-refractivity contribution is 6.00. The van der Waals surface area contributed by atoms with Crippen LogP contribution in [0.25, 0.3) is 22.2 Å². The fraction of sp³-hybridized carbons (Fsp3) is 0.348. The van der Waals surface area contributed by atoms with Crippen molar-refractivity contribution in [3.8, 4) is 23.1 Å². The van der Waals surface area contributed by atoms with Crippen LogP contribution in [0.4, 0.5) is 5.69 Å². The molecule has 3 N–H and O–H groups in total. The van der Waals surface area contributed by atoms with Crippen LogP contribution in [-0.4, -0.2) is 35.8 Å². The first-order valence-electron chi connectivity index (χ1n) is 10.3. The van der Waals surface area contributed by atoms with E-state index in [4.69, 9.17) is 4.74 Å². The van der Waals surface area contributed by atoms with Gasteiger partial charge in [0, 0.05) is 35.3 Å². The molecule has 2 aromatic carbocycles. The number of hydrogen-bond acceptors (Lipinski definition) is 5. The molecule has 2 aliphatic rings. The molecule has 1 aromatic heterocycles. The molecular weight excluding hydrogens is 378 g/mol. The van der Waals surface area contributed by atoms with E-state index in [9.17, 15) is 10.1 Å². The molecule has 2 saturated carbocycles. The number of carbonyl (C=O) groups is 1. The van der Waals surface area contributed by atoms with E-state index in [1.807, 2.05) is 31.3 Å². The Kier molecular flexibility index (Phi) is 4.55. The van der Waals surface area contributed by atoms with Gasteiger partial charge >= 0.3 is 0 Å². The molecule has 7 nitrogen and oxygen atoms in total. The molecule has 1 heterocycles. The molecule has 5 rings (SSSR count). The van der Waals surface area contributed by atoms with E-state index in [2.05, 4.69) is 26.9 Å². The molecule has 1 amide bonds. The van der Waals surface area contributed by atoms with Crippen LogP contribution in [0.2, 0.25) is 0 Å². The summed E-state index contributed by atoms with van der Waals surface area (Å²) in [7, 11) is 1.83. The molecule has 0 radical (unpaired) electrons. The van der Waals surface area contributed by atoms with Crippen molar-refractivity contribution in [2.45, 2.75) is 31.7 Å². The summed E-state index contributed by atoms with van der Waals surface area (Å²) in [4.78, 5) is 12.6. The first-order valence-corrected chi connectivity index (χ1v) is 10.3. The highest BCUT2D eigenvalue weighted by atomic mass is 16.5. The van der Waals surface area contributed by atoms with Crippen molar-refractivity contribution in [3.63, 3.8) is 0 Å². The van der Waals surface area contributed by atoms with Crippen LogP contribution in [0.1, 0.15) is 41.6 Å². The van der Waals surface area contributed by atoms with Crippen molar-refractivity contribution in [2.24, 2.45) is 5.92 Å². The number of nitrogens with one attached hydrogen (secondary N) is 3. The number of nitrogens with zero attached hydrogens (tertiary/aromatic N) is 2. The number of anilines is 1. The maximum atomic E-state index is 12.6. The molecule has 0 aliphatic heterocycles. The predicted molar refractivity (Wildman–Crippen MR) is 114 cm³/mol. The summed E-state index contributed by atoms with van der Waals surface area (Å²) in [6, 6.07) is 11.8. The summed E-state index contributed by atoms with van der Waals surface area (Å²) in [5.41, 5.74) is 4.24. The van der Waals surface area contributed by atoms with Crippen LogP contribution in [0.5, 0.6) is 5.75 Å². The average molecular weight is 401 g/mol. The Morgan fingerprint density at radius 1 is 1.23 bits per heavy atom. The highest BCUT2D eigenvalue weighted by Gasteiger charge is 2.25. The zero-order chi connectivity index (χ0) is 20.7. The summed E-state index contributed by atoms with van der Waals surface area (Å²) < 4.78 is 5.94. The number of amides is 1. The first-order chi connectivity index (χ1) is 14.6. The lowest BCUT2D eigenvalue weighted by Crippen LogP contribution is -2.25. The van der Waals surface area contributed by atoms with Crippen molar-refractivity contribution < 1.29 is 9.53 Å². The molecule has 2 aliphatic carbocycles. The van der Waals surface area contributed by atoms with Gasteiger partial charge in [0.25, 0.3) is 5.91 Å².